The molecule has 3 nitrogen and oxygen atoms in total. The summed E-state index contributed by atoms with van der Waals surface area (Å²) in [6.45, 7) is 1.81. The minimum absolute atomic E-state index is 0.0931. The Balaban J connectivity index is 2.79. The van der Waals surface area contributed by atoms with Crippen molar-refractivity contribution in [2.75, 3.05) is 7.11 Å². The summed E-state index contributed by atoms with van der Waals surface area (Å²) < 4.78 is 5.16. The van der Waals surface area contributed by atoms with Gasteiger partial charge in [-0.15, -0.1) is 0 Å². The fraction of sp³-hybridized carbons (Fsp3) is 0.417. The Kier molecular flexibility index (Phi) is 4.77. The van der Waals surface area contributed by atoms with Crippen LogP contribution in [0.5, 0.6) is 5.75 Å². The maximum absolute atomic E-state index is 11.6. The van der Waals surface area contributed by atoms with E-state index in [0.29, 0.717) is 23.6 Å². The molecule has 0 aliphatic heterocycles. The van der Waals surface area contributed by atoms with Crippen LogP contribution in [0.25, 0.3) is 0 Å². The van der Waals surface area contributed by atoms with Gasteiger partial charge in [-0.05, 0) is 25.1 Å². The zero-order valence-corrected chi connectivity index (χ0v) is 10.3. The molecule has 0 saturated carbocycles. The van der Waals surface area contributed by atoms with Gasteiger partial charge in [-0.3, -0.25) is 4.79 Å². The number of benzene rings is 1. The quantitative estimate of drug-likeness (QED) is 0.860. The molecule has 0 heterocycles. The van der Waals surface area contributed by atoms with Crippen LogP contribution in [0.2, 0.25) is 5.02 Å². The first-order valence-electron chi connectivity index (χ1n) is 5.12. The summed E-state index contributed by atoms with van der Waals surface area (Å²) >= 11 is 5.87. The summed E-state index contributed by atoms with van der Waals surface area (Å²) in [7, 11) is 1.57. The van der Waals surface area contributed by atoms with E-state index in [2.05, 4.69) is 0 Å². The predicted molar refractivity (Wildman–Crippen MR) is 65.0 cm³/mol. The molecule has 2 N–H and O–H groups in total. The third-order valence-electron chi connectivity index (χ3n) is 2.18. The van der Waals surface area contributed by atoms with Gasteiger partial charge in [-0.2, -0.15) is 0 Å². The number of hydrogen-bond donors (Lipinski definition) is 1. The van der Waals surface area contributed by atoms with Crippen molar-refractivity contribution < 1.29 is 9.53 Å². The number of carbonyl (C=O) groups is 1. The lowest BCUT2D eigenvalue weighted by atomic mass is 10.0. The van der Waals surface area contributed by atoms with Crippen LogP contribution in [0, 0.1) is 0 Å². The molecular formula is C12H16ClNO2. The Morgan fingerprint density at radius 1 is 1.56 bits per heavy atom. The van der Waals surface area contributed by atoms with Crippen molar-refractivity contribution >= 4 is 17.4 Å². The Bertz CT molecular complexity index is 377. The van der Waals surface area contributed by atoms with Gasteiger partial charge >= 0.3 is 0 Å². The van der Waals surface area contributed by atoms with Crippen molar-refractivity contribution in [3.8, 4) is 5.75 Å². The molecule has 1 atom stereocenters. The van der Waals surface area contributed by atoms with Crippen LogP contribution >= 0.6 is 11.6 Å². The molecule has 0 radical (unpaired) electrons. The maximum Gasteiger partial charge on any atom is 0.138 e. The summed E-state index contributed by atoms with van der Waals surface area (Å²) in [4.78, 5) is 11.6. The fourth-order valence-electron chi connectivity index (χ4n) is 1.53. The van der Waals surface area contributed by atoms with Crippen LogP contribution in [0.4, 0.5) is 0 Å². The van der Waals surface area contributed by atoms with Gasteiger partial charge in [0.25, 0.3) is 0 Å². The second kappa shape index (κ2) is 5.87. The summed E-state index contributed by atoms with van der Waals surface area (Å²) in [6, 6.07) is 5.13. The Morgan fingerprint density at radius 2 is 2.25 bits per heavy atom. The number of nitrogens with two attached hydrogens (primary N) is 1. The van der Waals surface area contributed by atoms with Crippen LogP contribution in [0.1, 0.15) is 18.9 Å². The molecule has 0 aliphatic carbocycles. The van der Waals surface area contributed by atoms with E-state index < -0.39 is 0 Å². The smallest absolute Gasteiger partial charge is 0.138 e. The van der Waals surface area contributed by atoms with E-state index in [1.807, 2.05) is 6.92 Å². The van der Waals surface area contributed by atoms with Crippen LogP contribution in [0.15, 0.2) is 18.2 Å². The molecule has 1 aromatic carbocycles. The number of Topliss-reactive ketones (excluding diaryl/α,β-unsaturated/α-hetero) is 1. The Labute approximate surface area is 101 Å². The van der Waals surface area contributed by atoms with E-state index >= 15 is 0 Å². The number of rotatable bonds is 5. The van der Waals surface area contributed by atoms with Gasteiger partial charge in [0.05, 0.1) is 7.11 Å². The number of ether oxygens (including phenoxy) is 1. The number of hydrogen-bond acceptors (Lipinski definition) is 3. The van der Waals surface area contributed by atoms with E-state index in [4.69, 9.17) is 22.1 Å². The lowest BCUT2D eigenvalue weighted by Crippen LogP contribution is -2.20. The SMILES string of the molecule is COc1ccc(Cl)cc1CC(=O)CC(C)N. The van der Waals surface area contributed by atoms with E-state index in [-0.39, 0.29) is 11.8 Å². The van der Waals surface area contributed by atoms with Gasteiger partial charge in [0.1, 0.15) is 11.5 Å². The third kappa shape index (κ3) is 3.83. The summed E-state index contributed by atoms with van der Waals surface area (Å²) in [5, 5.41) is 0.601. The van der Waals surface area contributed by atoms with E-state index in [0.717, 1.165) is 5.56 Å². The molecule has 0 saturated heterocycles. The average molecular weight is 242 g/mol. The molecule has 0 spiro atoms. The topological polar surface area (TPSA) is 52.3 Å². The monoisotopic (exact) mass is 241 g/mol. The number of methoxy groups -OCH3 is 1. The molecule has 4 heteroatoms. The third-order valence-corrected chi connectivity index (χ3v) is 2.41. The average Bonchev–Trinajstić information content (AvgIpc) is 2.16. The first kappa shape index (κ1) is 13.0. The molecule has 1 aromatic rings. The van der Waals surface area contributed by atoms with Crippen LogP contribution in [-0.4, -0.2) is 18.9 Å². The van der Waals surface area contributed by atoms with Crippen LogP contribution in [0.3, 0.4) is 0 Å². The summed E-state index contributed by atoms with van der Waals surface area (Å²) in [5.41, 5.74) is 6.38. The van der Waals surface area contributed by atoms with Gasteiger partial charge in [-0.25, -0.2) is 0 Å². The Hall–Kier alpha value is -1.06. The largest absolute Gasteiger partial charge is 0.496 e. The van der Waals surface area contributed by atoms with Gasteiger partial charge in [-0.1, -0.05) is 11.6 Å². The summed E-state index contributed by atoms with van der Waals surface area (Å²) in [6.07, 6.45) is 0.681. The number of carbonyl (C=O) groups excluding carboxylic acids is 1. The van der Waals surface area contributed by atoms with E-state index in [1.54, 1.807) is 25.3 Å². The van der Waals surface area contributed by atoms with Crippen molar-refractivity contribution in [1.82, 2.24) is 0 Å². The lowest BCUT2D eigenvalue weighted by Gasteiger charge is -2.09. The lowest BCUT2D eigenvalue weighted by molar-refractivity contribution is -0.118. The number of ketones is 1. The van der Waals surface area contributed by atoms with Crippen LogP contribution in [-0.2, 0) is 11.2 Å². The normalized spacial score (nSPS) is 12.2. The second-order valence-electron chi connectivity index (χ2n) is 3.85. The highest BCUT2D eigenvalue weighted by Gasteiger charge is 2.10. The molecule has 0 fully saturated rings. The highest BCUT2D eigenvalue weighted by atomic mass is 35.5. The van der Waals surface area contributed by atoms with Gasteiger partial charge in [0.2, 0.25) is 0 Å². The van der Waals surface area contributed by atoms with E-state index in [9.17, 15) is 4.79 Å². The molecular weight excluding hydrogens is 226 g/mol. The van der Waals surface area contributed by atoms with Crippen molar-refractivity contribution in [1.29, 1.82) is 0 Å². The molecule has 0 aromatic heterocycles. The minimum atomic E-state index is -0.113. The highest BCUT2D eigenvalue weighted by Crippen LogP contribution is 2.23. The van der Waals surface area contributed by atoms with Crippen LogP contribution < -0.4 is 10.5 Å². The molecule has 0 amide bonds. The van der Waals surface area contributed by atoms with E-state index in [1.165, 1.54) is 0 Å². The molecule has 0 aliphatic rings. The first-order valence-corrected chi connectivity index (χ1v) is 5.50. The molecule has 0 bridgehead atoms. The molecule has 1 unspecified atom stereocenters. The fourth-order valence-corrected chi connectivity index (χ4v) is 1.72. The molecule has 88 valence electrons. The summed E-state index contributed by atoms with van der Waals surface area (Å²) in [5.74, 6) is 0.776. The van der Waals surface area contributed by atoms with Gasteiger partial charge in [0.15, 0.2) is 0 Å². The standard InChI is InChI=1S/C12H16ClNO2/c1-8(14)5-11(15)7-9-6-10(13)3-4-12(9)16-2/h3-4,6,8H,5,7,14H2,1-2H3. The minimum Gasteiger partial charge on any atom is -0.496 e. The van der Waals surface area contributed by atoms with Gasteiger partial charge in [0, 0.05) is 29.5 Å². The molecule has 1 rings (SSSR count). The zero-order chi connectivity index (χ0) is 12.1. The molecule has 16 heavy (non-hydrogen) atoms. The predicted octanol–water partition coefficient (Wildman–Crippen LogP) is 2.20. The van der Waals surface area contributed by atoms with Crippen molar-refractivity contribution in [2.24, 2.45) is 5.73 Å². The highest BCUT2D eigenvalue weighted by molar-refractivity contribution is 6.30. The Morgan fingerprint density at radius 3 is 2.81 bits per heavy atom. The van der Waals surface area contributed by atoms with Gasteiger partial charge < -0.3 is 10.5 Å². The first-order chi connectivity index (χ1) is 7.52. The second-order valence-corrected chi connectivity index (χ2v) is 4.29. The maximum atomic E-state index is 11.6. The van der Waals surface area contributed by atoms with Crippen molar-refractivity contribution in [2.45, 2.75) is 25.8 Å². The number of halogens is 1. The zero-order valence-electron chi connectivity index (χ0n) is 9.50. The van der Waals surface area contributed by atoms with Crippen molar-refractivity contribution in [3.05, 3.63) is 28.8 Å². The van der Waals surface area contributed by atoms with Crippen molar-refractivity contribution in [3.63, 3.8) is 0 Å².